The molecular weight excluding hydrogens is 248 g/mol. The van der Waals surface area contributed by atoms with Crippen molar-refractivity contribution in [1.82, 2.24) is 10.2 Å². The van der Waals surface area contributed by atoms with Gasteiger partial charge in [0, 0.05) is 19.1 Å². The number of rotatable bonds is 4. The van der Waals surface area contributed by atoms with Crippen LogP contribution in [-0.4, -0.2) is 53.8 Å². The summed E-state index contributed by atoms with van der Waals surface area (Å²) in [5.74, 6) is -0.222. The minimum absolute atomic E-state index is 0.00795. The monoisotopic (exact) mass is 270 g/mol. The Morgan fingerprint density at radius 2 is 1.95 bits per heavy atom. The van der Waals surface area contributed by atoms with Crippen molar-refractivity contribution < 1.29 is 19.4 Å². The van der Waals surface area contributed by atoms with Gasteiger partial charge in [-0.25, -0.2) is 9.59 Å². The molecule has 0 unspecified atom stereocenters. The van der Waals surface area contributed by atoms with Gasteiger partial charge in [-0.1, -0.05) is 6.92 Å². The third kappa shape index (κ3) is 4.09. The number of aliphatic carboxylic acids is 1. The number of carbonyl (C=O) groups excluding carboxylic acids is 1. The van der Waals surface area contributed by atoms with Crippen molar-refractivity contribution in [2.75, 3.05) is 19.7 Å². The molecule has 19 heavy (non-hydrogen) atoms. The maximum atomic E-state index is 12.0. The summed E-state index contributed by atoms with van der Waals surface area (Å²) >= 11 is 0. The normalized spacial score (nSPS) is 27.7. The molecule has 2 rings (SSSR count). The quantitative estimate of drug-likeness (QED) is 0.800. The topological polar surface area (TPSA) is 78.9 Å². The second-order valence-electron chi connectivity index (χ2n) is 5.61. The first-order valence-electron chi connectivity index (χ1n) is 6.93. The van der Waals surface area contributed by atoms with Crippen LogP contribution in [0.5, 0.6) is 0 Å². The Balaban J connectivity index is 1.65. The molecule has 0 radical (unpaired) electrons. The third-order valence-corrected chi connectivity index (χ3v) is 3.87. The maximum Gasteiger partial charge on any atom is 0.329 e. The first-order chi connectivity index (χ1) is 9.04. The number of hydrogen-bond acceptors (Lipinski definition) is 3. The van der Waals surface area contributed by atoms with Gasteiger partial charge in [0.1, 0.15) is 6.61 Å². The summed E-state index contributed by atoms with van der Waals surface area (Å²) in [7, 11) is 0. The van der Waals surface area contributed by atoms with E-state index < -0.39 is 5.97 Å². The highest BCUT2D eigenvalue weighted by molar-refractivity contribution is 5.74. The zero-order chi connectivity index (χ0) is 13.8. The molecule has 0 spiro atoms. The van der Waals surface area contributed by atoms with E-state index in [2.05, 4.69) is 12.2 Å². The SMILES string of the molecule is CC1CC(NC(=O)N2CCC(OCC(=O)O)CC2)C1. The number of ether oxygens (including phenoxy) is 1. The third-order valence-electron chi connectivity index (χ3n) is 3.87. The number of likely N-dealkylation sites (tertiary alicyclic amines) is 1. The summed E-state index contributed by atoms with van der Waals surface area (Å²) in [6.07, 6.45) is 3.53. The number of carboxylic acid groups (broad SMARTS) is 1. The molecule has 2 aliphatic rings. The molecule has 1 heterocycles. The number of carboxylic acids is 1. The highest BCUT2D eigenvalue weighted by Gasteiger charge is 2.29. The number of piperidine rings is 1. The lowest BCUT2D eigenvalue weighted by Gasteiger charge is -2.37. The molecule has 2 N–H and O–H groups in total. The Hall–Kier alpha value is -1.30. The minimum atomic E-state index is -0.945. The number of carbonyl (C=O) groups is 2. The lowest BCUT2D eigenvalue weighted by molar-refractivity contribution is -0.145. The van der Waals surface area contributed by atoms with E-state index >= 15 is 0 Å². The smallest absolute Gasteiger partial charge is 0.329 e. The van der Waals surface area contributed by atoms with E-state index in [0.29, 0.717) is 32.0 Å². The fourth-order valence-corrected chi connectivity index (χ4v) is 2.70. The van der Waals surface area contributed by atoms with Crippen molar-refractivity contribution in [1.29, 1.82) is 0 Å². The van der Waals surface area contributed by atoms with Crippen molar-refractivity contribution >= 4 is 12.0 Å². The molecule has 0 aromatic heterocycles. The Morgan fingerprint density at radius 1 is 1.32 bits per heavy atom. The largest absolute Gasteiger partial charge is 0.480 e. The van der Waals surface area contributed by atoms with Crippen LogP contribution in [0.25, 0.3) is 0 Å². The molecular formula is C13H22N2O4. The highest BCUT2D eigenvalue weighted by atomic mass is 16.5. The second kappa shape index (κ2) is 6.23. The van der Waals surface area contributed by atoms with Crippen molar-refractivity contribution in [3.05, 3.63) is 0 Å². The van der Waals surface area contributed by atoms with Crippen LogP contribution in [0.1, 0.15) is 32.6 Å². The zero-order valence-corrected chi connectivity index (χ0v) is 11.3. The molecule has 0 aromatic rings. The number of hydrogen-bond donors (Lipinski definition) is 2. The van der Waals surface area contributed by atoms with Crippen molar-refractivity contribution in [2.45, 2.75) is 44.8 Å². The predicted molar refractivity (Wildman–Crippen MR) is 68.9 cm³/mol. The summed E-state index contributed by atoms with van der Waals surface area (Å²) in [6, 6.07) is 0.345. The molecule has 6 nitrogen and oxygen atoms in total. The number of urea groups is 1. The summed E-state index contributed by atoms with van der Waals surface area (Å²) in [4.78, 5) is 24.2. The van der Waals surface area contributed by atoms with E-state index in [9.17, 15) is 9.59 Å². The van der Waals surface area contributed by atoms with E-state index in [-0.39, 0.29) is 18.7 Å². The molecule has 0 atom stereocenters. The Morgan fingerprint density at radius 3 is 2.47 bits per heavy atom. The van der Waals surface area contributed by atoms with E-state index in [1.807, 2.05) is 0 Å². The van der Waals surface area contributed by atoms with Crippen molar-refractivity contribution in [3.63, 3.8) is 0 Å². The Labute approximate surface area is 113 Å². The fraction of sp³-hybridized carbons (Fsp3) is 0.846. The van der Waals surface area contributed by atoms with Gasteiger partial charge in [-0.3, -0.25) is 0 Å². The fourth-order valence-electron chi connectivity index (χ4n) is 2.70. The van der Waals surface area contributed by atoms with Crippen molar-refractivity contribution in [3.8, 4) is 0 Å². The molecule has 2 fully saturated rings. The first kappa shape index (κ1) is 14.1. The van der Waals surface area contributed by atoms with Crippen LogP contribution in [0.15, 0.2) is 0 Å². The average molecular weight is 270 g/mol. The van der Waals surface area contributed by atoms with Gasteiger partial charge in [0.2, 0.25) is 0 Å². The Kier molecular flexibility index (Phi) is 4.63. The van der Waals surface area contributed by atoms with Crippen LogP contribution in [-0.2, 0) is 9.53 Å². The molecule has 1 aliphatic carbocycles. The lowest BCUT2D eigenvalue weighted by atomic mass is 9.82. The average Bonchev–Trinajstić information content (AvgIpc) is 2.35. The lowest BCUT2D eigenvalue weighted by Crippen LogP contribution is -2.52. The molecule has 0 aromatic carbocycles. The van der Waals surface area contributed by atoms with E-state index in [1.54, 1.807) is 4.90 Å². The minimum Gasteiger partial charge on any atom is -0.480 e. The molecule has 108 valence electrons. The standard InChI is InChI=1S/C13H22N2O4/c1-9-6-10(7-9)14-13(18)15-4-2-11(3-5-15)19-8-12(16)17/h9-11H,2-8H2,1H3,(H,14,18)(H,16,17). The summed E-state index contributed by atoms with van der Waals surface area (Å²) in [6.45, 7) is 3.21. The van der Waals surface area contributed by atoms with E-state index in [0.717, 1.165) is 18.8 Å². The maximum absolute atomic E-state index is 12.0. The summed E-state index contributed by atoms with van der Waals surface area (Å²) in [5.41, 5.74) is 0. The molecule has 0 bridgehead atoms. The predicted octanol–water partition coefficient (Wildman–Crippen LogP) is 1.06. The molecule has 6 heteroatoms. The molecule has 1 aliphatic heterocycles. The van der Waals surface area contributed by atoms with E-state index in [1.165, 1.54) is 0 Å². The number of nitrogens with zero attached hydrogens (tertiary/aromatic N) is 1. The second-order valence-corrected chi connectivity index (χ2v) is 5.61. The van der Waals surface area contributed by atoms with Crippen LogP contribution in [0, 0.1) is 5.92 Å². The molecule has 1 saturated heterocycles. The van der Waals surface area contributed by atoms with Crippen LogP contribution >= 0.6 is 0 Å². The summed E-state index contributed by atoms with van der Waals surface area (Å²) < 4.78 is 5.24. The van der Waals surface area contributed by atoms with Gasteiger partial charge in [-0.15, -0.1) is 0 Å². The Bertz CT molecular complexity index is 334. The molecule has 1 saturated carbocycles. The van der Waals surface area contributed by atoms with Gasteiger partial charge in [-0.05, 0) is 31.6 Å². The van der Waals surface area contributed by atoms with Crippen LogP contribution in [0.3, 0.4) is 0 Å². The summed E-state index contributed by atoms with van der Waals surface area (Å²) in [5, 5.41) is 11.6. The first-order valence-corrected chi connectivity index (χ1v) is 6.93. The van der Waals surface area contributed by atoms with Gasteiger partial charge in [0.25, 0.3) is 0 Å². The van der Waals surface area contributed by atoms with Crippen LogP contribution < -0.4 is 5.32 Å². The molecule has 2 amide bonds. The van der Waals surface area contributed by atoms with Crippen LogP contribution in [0.2, 0.25) is 0 Å². The number of amides is 2. The van der Waals surface area contributed by atoms with Gasteiger partial charge in [0.15, 0.2) is 0 Å². The van der Waals surface area contributed by atoms with Gasteiger partial charge < -0.3 is 20.1 Å². The highest BCUT2D eigenvalue weighted by Crippen LogP contribution is 2.26. The van der Waals surface area contributed by atoms with E-state index in [4.69, 9.17) is 9.84 Å². The van der Waals surface area contributed by atoms with Gasteiger partial charge in [-0.2, -0.15) is 0 Å². The number of nitrogens with one attached hydrogen (secondary N) is 1. The van der Waals surface area contributed by atoms with Gasteiger partial charge >= 0.3 is 12.0 Å². The van der Waals surface area contributed by atoms with Crippen molar-refractivity contribution in [2.24, 2.45) is 5.92 Å². The zero-order valence-electron chi connectivity index (χ0n) is 11.3. The van der Waals surface area contributed by atoms with Crippen LogP contribution in [0.4, 0.5) is 4.79 Å². The van der Waals surface area contributed by atoms with Gasteiger partial charge in [0.05, 0.1) is 6.10 Å².